The van der Waals surface area contributed by atoms with Gasteiger partial charge in [0.1, 0.15) is 0 Å². The number of nitrogens with zero attached hydrogens (tertiary/aromatic N) is 1. The van der Waals surface area contributed by atoms with E-state index in [0.29, 0.717) is 6.42 Å². The average Bonchev–Trinajstić information content (AvgIpc) is 2.72. The Labute approximate surface area is 171 Å². The Balaban J connectivity index is 1.88. The Morgan fingerprint density at radius 2 is 1.79 bits per heavy atom. The molecule has 3 aromatic rings. The van der Waals surface area contributed by atoms with Gasteiger partial charge in [-0.25, -0.2) is 0 Å². The molecule has 0 unspecified atom stereocenters. The van der Waals surface area contributed by atoms with Gasteiger partial charge in [0.25, 0.3) is 5.56 Å². The molecule has 29 heavy (non-hydrogen) atoms. The maximum absolute atomic E-state index is 13.0. The molecule has 0 aliphatic heterocycles. The van der Waals surface area contributed by atoms with Crippen LogP contribution in [0.25, 0.3) is 11.1 Å². The number of Topliss-reactive ketones (excluding diaryl/α,β-unsaturated/α-hetero) is 1. The van der Waals surface area contributed by atoms with E-state index in [-0.39, 0.29) is 29.9 Å². The molecule has 0 saturated heterocycles. The van der Waals surface area contributed by atoms with Gasteiger partial charge >= 0.3 is 0 Å². The maximum atomic E-state index is 13.0. The molecule has 0 amide bonds. The molecular weight excluding hydrogens is 362 g/mol. The lowest BCUT2D eigenvalue weighted by molar-refractivity contribution is 0.0990. The summed E-state index contributed by atoms with van der Waals surface area (Å²) in [4.78, 5) is 25.6. The van der Waals surface area contributed by atoms with Crippen LogP contribution in [0.2, 0.25) is 0 Å². The van der Waals surface area contributed by atoms with Crippen LogP contribution in [-0.4, -0.2) is 22.1 Å². The van der Waals surface area contributed by atoms with Gasteiger partial charge in [-0.05, 0) is 60.1 Å². The van der Waals surface area contributed by atoms with Gasteiger partial charge < -0.3 is 9.67 Å². The topological polar surface area (TPSA) is 59.3 Å². The predicted octanol–water partition coefficient (Wildman–Crippen LogP) is 4.10. The summed E-state index contributed by atoms with van der Waals surface area (Å²) in [5, 5.41) is 8.97. The molecule has 0 saturated carbocycles. The van der Waals surface area contributed by atoms with Crippen molar-refractivity contribution in [2.45, 2.75) is 32.6 Å². The zero-order valence-electron chi connectivity index (χ0n) is 17.0. The second-order valence-electron chi connectivity index (χ2n) is 7.41. The molecule has 2 aromatic carbocycles. The van der Waals surface area contributed by atoms with Crippen molar-refractivity contribution < 1.29 is 9.90 Å². The standard InChI is InChI=1S/C25H27NO3/c1-18-21(12-8-13-22(18)20-10-4-3-5-11-20)16-24(28)23-15-19(9-6-7-14-27)17-26(2)25(23)29/h3-5,8,10-13,15,17,27H,6-7,9,14,16H2,1-2H3. The molecular formula is C25H27NO3. The third-order valence-corrected chi connectivity index (χ3v) is 5.30. The number of aromatic nitrogens is 1. The summed E-state index contributed by atoms with van der Waals surface area (Å²) < 4.78 is 1.48. The van der Waals surface area contributed by atoms with Crippen LogP contribution in [0.4, 0.5) is 0 Å². The van der Waals surface area contributed by atoms with E-state index in [1.165, 1.54) is 4.57 Å². The number of unbranched alkanes of at least 4 members (excludes halogenated alkanes) is 1. The fourth-order valence-electron chi connectivity index (χ4n) is 3.63. The van der Waals surface area contributed by atoms with Crippen LogP contribution in [0.3, 0.4) is 0 Å². The third kappa shape index (κ3) is 4.90. The highest BCUT2D eigenvalue weighted by Gasteiger charge is 2.16. The molecule has 0 aliphatic rings. The molecule has 3 rings (SSSR count). The number of benzene rings is 2. The SMILES string of the molecule is Cc1c(CC(=O)c2cc(CCCCO)cn(C)c2=O)cccc1-c1ccccc1. The third-order valence-electron chi connectivity index (χ3n) is 5.30. The molecule has 0 radical (unpaired) electrons. The second kappa shape index (κ2) is 9.48. The van der Waals surface area contributed by atoms with Crippen molar-refractivity contribution >= 4 is 5.78 Å². The van der Waals surface area contributed by atoms with Gasteiger partial charge in [-0.1, -0.05) is 48.5 Å². The highest BCUT2D eigenvalue weighted by molar-refractivity contribution is 5.97. The zero-order chi connectivity index (χ0) is 20.8. The smallest absolute Gasteiger partial charge is 0.261 e. The van der Waals surface area contributed by atoms with E-state index >= 15 is 0 Å². The van der Waals surface area contributed by atoms with Crippen molar-refractivity contribution in [2.24, 2.45) is 7.05 Å². The van der Waals surface area contributed by atoms with Gasteiger partial charge in [0.05, 0.1) is 5.56 Å². The van der Waals surface area contributed by atoms with Crippen molar-refractivity contribution in [1.82, 2.24) is 4.57 Å². The first-order valence-electron chi connectivity index (χ1n) is 9.98. The number of ketones is 1. The Bertz CT molecular complexity index is 1050. The highest BCUT2D eigenvalue weighted by atomic mass is 16.3. The molecule has 0 bridgehead atoms. The summed E-state index contributed by atoms with van der Waals surface area (Å²) in [5.74, 6) is -0.164. The summed E-state index contributed by atoms with van der Waals surface area (Å²) in [7, 11) is 1.68. The van der Waals surface area contributed by atoms with E-state index in [0.717, 1.165) is 40.7 Å². The number of hydrogen-bond donors (Lipinski definition) is 1. The normalized spacial score (nSPS) is 10.9. The van der Waals surface area contributed by atoms with Crippen LogP contribution in [0.1, 0.15) is 39.9 Å². The Morgan fingerprint density at radius 3 is 2.52 bits per heavy atom. The van der Waals surface area contributed by atoms with Crippen LogP contribution in [-0.2, 0) is 19.9 Å². The van der Waals surface area contributed by atoms with Gasteiger partial charge in [0.2, 0.25) is 0 Å². The number of carbonyl (C=O) groups is 1. The number of rotatable bonds is 8. The molecule has 4 nitrogen and oxygen atoms in total. The first-order valence-corrected chi connectivity index (χ1v) is 9.98. The lowest BCUT2D eigenvalue weighted by Gasteiger charge is -2.12. The molecule has 1 heterocycles. The minimum Gasteiger partial charge on any atom is -0.396 e. The molecule has 0 atom stereocenters. The summed E-state index contributed by atoms with van der Waals surface area (Å²) in [6.07, 6.45) is 4.23. The first-order chi connectivity index (χ1) is 14.0. The van der Waals surface area contributed by atoms with E-state index in [4.69, 9.17) is 5.11 Å². The van der Waals surface area contributed by atoms with Crippen LogP contribution >= 0.6 is 0 Å². The Kier molecular flexibility index (Phi) is 6.78. The van der Waals surface area contributed by atoms with Gasteiger partial charge in [0, 0.05) is 26.3 Å². The van der Waals surface area contributed by atoms with Crippen LogP contribution in [0, 0.1) is 6.92 Å². The number of aliphatic hydroxyl groups excluding tert-OH is 1. The Morgan fingerprint density at radius 1 is 1.03 bits per heavy atom. The van der Waals surface area contributed by atoms with Crippen molar-refractivity contribution in [3.8, 4) is 11.1 Å². The van der Waals surface area contributed by atoms with Crippen molar-refractivity contribution in [1.29, 1.82) is 0 Å². The summed E-state index contributed by atoms with van der Waals surface area (Å²) in [5.41, 5.74) is 5.12. The number of aryl methyl sites for hydroxylation is 2. The van der Waals surface area contributed by atoms with E-state index in [1.807, 2.05) is 37.3 Å². The van der Waals surface area contributed by atoms with Gasteiger partial charge in [0.15, 0.2) is 5.78 Å². The highest BCUT2D eigenvalue weighted by Crippen LogP contribution is 2.26. The second-order valence-corrected chi connectivity index (χ2v) is 7.41. The molecule has 0 fully saturated rings. The monoisotopic (exact) mass is 389 g/mol. The molecule has 150 valence electrons. The molecule has 1 N–H and O–H groups in total. The quantitative estimate of drug-likeness (QED) is 0.466. The van der Waals surface area contributed by atoms with Crippen molar-refractivity contribution in [3.05, 3.63) is 93.4 Å². The summed E-state index contributed by atoms with van der Waals surface area (Å²) >= 11 is 0. The number of carbonyl (C=O) groups excluding carboxylic acids is 1. The number of pyridine rings is 1. The van der Waals surface area contributed by atoms with Gasteiger partial charge in [-0.2, -0.15) is 0 Å². The number of aliphatic hydroxyl groups is 1. The fraction of sp³-hybridized carbons (Fsp3) is 0.280. The van der Waals surface area contributed by atoms with E-state index < -0.39 is 0 Å². The average molecular weight is 389 g/mol. The largest absolute Gasteiger partial charge is 0.396 e. The van der Waals surface area contributed by atoms with Crippen LogP contribution < -0.4 is 5.56 Å². The lowest BCUT2D eigenvalue weighted by atomic mass is 9.93. The van der Waals surface area contributed by atoms with E-state index in [2.05, 4.69) is 18.2 Å². The van der Waals surface area contributed by atoms with Crippen LogP contribution in [0.5, 0.6) is 0 Å². The minimum atomic E-state index is -0.266. The van der Waals surface area contributed by atoms with E-state index in [1.54, 1.807) is 19.3 Å². The van der Waals surface area contributed by atoms with Gasteiger partial charge in [-0.15, -0.1) is 0 Å². The fourth-order valence-corrected chi connectivity index (χ4v) is 3.63. The summed E-state index contributed by atoms with van der Waals surface area (Å²) in [6, 6.07) is 17.8. The molecule has 0 spiro atoms. The summed E-state index contributed by atoms with van der Waals surface area (Å²) in [6.45, 7) is 2.17. The maximum Gasteiger partial charge on any atom is 0.261 e. The minimum absolute atomic E-state index is 0.147. The van der Waals surface area contributed by atoms with Crippen LogP contribution in [0.15, 0.2) is 65.6 Å². The molecule has 4 heteroatoms. The molecule has 1 aromatic heterocycles. The Hall–Kier alpha value is -2.98. The zero-order valence-corrected chi connectivity index (χ0v) is 17.0. The predicted molar refractivity (Wildman–Crippen MR) is 116 cm³/mol. The lowest BCUT2D eigenvalue weighted by Crippen LogP contribution is -2.25. The van der Waals surface area contributed by atoms with Crippen molar-refractivity contribution in [2.75, 3.05) is 6.61 Å². The van der Waals surface area contributed by atoms with Crippen molar-refractivity contribution in [3.63, 3.8) is 0 Å². The van der Waals surface area contributed by atoms with E-state index in [9.17, 15) is 9.59 Å². The molecule has 0 aliphatic carbocycles. The van der Waals surface area contributed by atoms with Gasteiger partial charge in [-0.3, -0.25) is 9.59 Å². The first kappa shape index (κ1) is 20.7. The number of hydrogen-bond acceptors (Lipinski definition) is 3.